The molecule has 0 unspecified atom stereocenters. The lowest BCUT2D eigenvalue weighted by Crippen LogP contribution is -2.43. The molecule has 0 saturated carbocycles. The third kappa shape index (κ3) is 3.49. The number of hydrogen-bond donors (Lipinski definition) is 1. The number of ketones is 1. The van der Waals surface area contributed by atoms with E-state index in [-0.39, 0.29) is 18.3 Å². The van der Waals surface area contributed by atoms with Crippen LogP contribution >= 0.6 is 22.7 Å². The van der Waals surface area contributed by atoms with Crippen LogP contribution in [0.2, 0.25) is 0 Å². The molecular formula is C19H15NO4S2. The lowest BCUT2D eigenvalue weighted by molar-refractivity contribution is -0.130. The number of carbonyl (C=O) groups is 2. The molecule has 3 aromatic rings. The first kappa shape index (κ1) is 16.8. The van der Waals surface area contributed by atoms with Crippen molar-refractivity contribution in [3.05, 3.63) is 68.5 Å². The van der Waals surface area contributed by atoms with Gasteiger partial charge in [0.1, 0.15) is 6.61 Å². The van der Waals surface area contributed by atoms with Gasteiger partial charge in [-0.15, -0.1) is 11.3 Å². The molecule has 0 aliphatic carbocycles. The minimum absolute atomic E-state index is 0.00875. The molecule has 132 valence electrons. The zero-order valence-corrected chi connectivity index (χ0v) is 15.3. The highest BCUT2D eigenvalue weighted by molar-refractivity contribution is 7.14. The molecule has 26 heavy (non-hydrogen) atoms. The van der Waals surface area contributed by atoms with Gasteiger partial charge in [-0.2, -0.15) is 11.3 Å². The molecule has 4 rings (SSSR count). The van der Waals surface area contributed by atoms with E-state index in [0.29, 0.717) is 28.5 Å². The number of rotatable bonds is 5. The second kappa shape index (κ2) is 7.31. The topological polar surface area (TPSA) is 64.6 Å². The van der Waals surface area contributed by atoms with Crippen molar-refractivity contribution >= 4 is 34.4 Å². The zero-order chi connectivity index (χ0) is 17.9. The van der Waals surface area contributed by atoms with Gasteiger partial charge < -0.3 is 14.8 Å². The summed E-state index contributed by atoms with van der Waals surface area (Å²) in [7, 11) is 0. The molecule has 1 aliphatic rings. The number of fused-ring (bicyclic) bond motifs is 1. The van der Waals surface area contributed by atoms with Crippen LogP contribution in [0.15, 0.2) is 53.2 Å². The Morgan fingerprint density at radius 3 is 2.77 bits per heavy atom. The zero-order valence-electron chi connectivity index (χ0n) is 13.6. The second-order valence-corrected chi connectivity index (χ2v) is 7.64. The quantitative estimate of drug-likeness (QED) is 0.683. The van der Waals surface area contributed by atoms with Crippen LogP contribution in [-0.4, -0.2) is 24.4 Å². The molecule has 1 aromatic carbocycles. The van der Waals surface area contributed by atoms with Gasteiger partial charge in [0, 0.05) is 15.8 Å². The van der Waals surface area contributed by atoms with Crippen LogP contribution in [0.4, 0.5) is 0 Å². The van der Waals surface area contributed by atoms with Crippen LogP contribution in [0.1, 0.15) is 20.1 Å². The Morgan fingerprint density at radius 2 is 1.96 bits per heavy atom. The lowest BCUT2D eigenvalue weighted by atomic mass is 10.2. The minimum Gasteiger partial charge on any atom is -0.485 e. The van der Waals surface area contributed by atoms with Gasteiger partial charge in [0.05, 0.1) is 11.4 Å². The van der Waals surface area contributed by atoms with Crippen LogP contribution in [0, 0.1) is 0 Å². The van der Waals surface area contributed by atoms with Gasteiger partial charge >= 0.3 is 0 Å². The maximum Gasteiger partial charge on any atom is 0.264 e. The van der Waals surface area contributed by atoms with E-state index in [1.165, 1.54) is 22.7 Å². The second-order valence-electron chi connectivity index (χ2n) is 5.69. The Kier molecular flexibility index (Phi) is 4.73. The summed E-state index contributed by atoms with van der Waals surface area (Å²) in [5.74, 6) is 0.984. The summed E-state index contributed by atoms with van der Waals surface area (Å²) < 4.78 is 11.2. The largest absolute Gasteiger partial charge is 0.485 e. The van der Waals surface area contributed by atoms with E-state index < -0.39 is 6.10 Å². The average molecular weight is 385 g/mol. The third-order valence-electron chi connectivity index (χ3n) is 3.91. The molecule has 0 saturated heterocycles. The highest BCUT2D eigenvalue weighted by Crippen LogP contribution is 2.31. The van der Waals surface area contributed by atoms with Crippen molar-refractivity contribution in [1.82, 2.24) is 5.32 Å². The first-order valence-corrected chi connectivity index (χ1v) is 9.78. The van der Waals surface area contributed by atoms with E-state index in [4.69, 9.17) is 9.47 Å². The third-order valence-corrected chi connectivity index (χ3v) is 5.67. The number of thiophene rings is 2. The first-order chi connectivity index (χ1) is 12.7. The number of ether oxygens (including phenoxy) is 2. The highest BCUT2D eigenvalue weighted by Gasteiger charge is 2.27. The minimum atomic E-state index is -0.684. The monoisotopic (exact) mass is 385 g/mol. The molecule has 3 heterocycles. The summed E-state index contributed by atoms with van der Waals surface area (Å²) in [6.07, 6.45) is -0.684. The fraction of sp³-hybridized carbons (Fsp3) is 0.158. The predicted molar refractivity (Wildman–Crippen MR) is 100 cm³/mol. The molecule has 0 bridgehead atoms. The lowest BCUT2D eigenvalue weighted by Gasteiger charge is -2.25. The first-order valence-electron chi connectivity index (χ1n) is 8.02. The van der Waals surface area contributed by atoms with Crippen molar-refractivity contribution in [1.29, 1.82) is 0 Å². The Hall–Kier alpha value is -2.64. The summed E-state index contributed by atoms with van der Waals surface area (Å²) in [4.78, 5) is 26.2. The van der Waals surface area contributed by atoms with Crippen LogP contribution in [0.5, 0.6) is 11.5 Å². The maximum atomic E-state index is 12.3. The van der Waals surface area contributed by atoms with E-state index >= 15 is 0 Å². The molecule has 1 aliphatic heterocycles. The normalized spacial score (nSPS) is 15.5. The summed E-state index contributed by atoms with van der Waals surface area (Å²) >= 11 is 2.88. The Bertz CT molecular complexity index is 933. The molecular weight excluding hydrogens is 370 g/mol. The number of benzene rings is 1. The molecule has 0 radical (unpaired) electrons. The van der Waals surface area contributed by atoms with Gasteiger partial charge in [-0.05, 0) is 35.7 Å². The van der Waals surface area contributed by atoms with Crippen LogP contribution in [-0.2, 0) is 11.3 Å². The van der Waals surface area contributed by atoms with E-state index in [2.05, 4.69) is 5.32 Å². The number of amides is 1. The Morgan fingerprint density at radius 1 is 1.12 bits per heavy atom. The summed E-state index contributed by atoms with van der Waals surface area (Å²) in [6, 6.07) is 12.7. The van der Waals surface area contributed by atoms with Crippen molar-refractivity contribution in [2.75, 3.05) is 6.61 Å². The number of para-hydroxylation sites is 2. The van der Waals surface area contributed by atoms with Gasteiger partial charge in [0.25, 0.3) is 5.91 Å². The smallest absolute Gasteiger partial charge is 0.264 e. The molecule has 1 amide bonds. The molecule has 0 spiro atoms. The van der Waals surface area contributed by atoms with E-state index in [1.54, 1.807) is 18.2 Å². The average Bonchev–Trinajstić information content (AvgIpc) is 3.37. The Labute approximate surface area is 158 Å². The fourth-order valence-electron chi connectivity index (χ4n) is 2.57. The van der Waals surface area contributed by atoms with E-state index in [0.717, 1.165) is 4.88 Å². The number of carbonyl (C=O) groups excluding carboxylic acids is 2. The summed E-state index contributed by atoms with van der Waals surface area (Å²) in [5, 5.41) is 6.56. The van der Waals surface area contributed by atoms with Crippen molar-refractivity contribution in [2.45, 2.75) is 12.6 Å². The summed E-state index contributed by atoms with van der Waals surface area (Å²) in [6.45, 7) is 0.525. The predicted octanol–water partition coefficient (Wildman–Crippen LogP) is 3.50. The molecule has 0 fully saturated rings. The standard InChI is InChI=1S/C19H15NO4S2/c21-18(12-7-8-25-11-12)17-6-5-13(26-17)9-20-19(22)16-10-23-14-3-1-2-4-15(14)24-16/h1-8,11,16H,9-10H2,(H,20,22)/t16-/m0/s1. The van der Waals surface area contributed by atoms with E-state index in [1.807, 2.05) is 35.0 Å². The van der Waals surface area contributed by atoms with Crippen molar-refractivity contribution in [3.8, 4) is 11.5 Å². The maximum absolute atomic E-state index is 12.3. The molecule has 5 nitrogen and oxygen atoms in total. The molecule has 7 heteroatoms. The SMILES string of the molecule is O=C(c1ccsc1)c1ccc(CNC(=O)[C@@H]2COc3ccccc3O2)s1. The van der Waals surface area contributed by atoms with Gasteiger partial charge in [0.15, 0.2) is 11.5 Å². The van der Waals surface area contributed by atoms with Crippen molar-refractivity contribution < 1.29 is 19.1 Å². The van der Waals surface area contributed by atoms with Crippen molar-refractivity contribution in [2.24, 2.45) is 0 Å². The Balaban J connectivity index is 1.35. The molecule has 2 aromatic heterocycles. The van der Waals surface area contributed by atoms with Gasteiger partial charge in [-0.25, -0.2) is 0 Å². The molecule has 1 atom stereocenters. The fourth-order valence-corrected chi connectivity index (χ4v) is 4.11. The van der Waals surface area contributed by atoms with Gasteiger partial charge in [-0.3, -0.25) is 9.59 Å². The highest BCUT2D eigenvalue weighted by atomic mass is 32.1. The summed E-state index contributed by atoms with van der Waals surface area (Å²) in [5.41, 5.74) is 0.693. The number of hydrogen-bond acceptors (Lipinski definition) is 6. The van der Waals surface area contributed by atoms with Crippen LogP contribution in [0.25, 0.3) is 0 Å². The van der Waals surface area contributed by atoms with E-state index in [9.17, 15) is 9.59 Å². The van der Waals surface area contributed by atoms with Crippen LogP contribution in [0.3, 0.4) is 0 Å². The van der Waals surface area contributed by atoms with Crippen LogP contribution < -0.4 is 14.8 Å². The van der Waals surface area contributed by atoms with Crippen molar-refractivity contribution in [3.63, 3.8) is 0 Å². The van der Waals surface area contributed by atoms with Gasteiger partial charge in [-0.1, -0.05) is 12.1 Å². The number of nitrogens with one attached hydrogen (secondary N) is 1. The molecule has 1 N–H and O–H groups in total. The van der Waals surface area contributed by atoms with Gasteiger partial charge in [0.2, 0.25) is 11.9 Å².